The Labute approximate surface area is 500 Å². The molecule has 0 fully saturated rings. The number of benzene rings is 12. The Morgan fingerprint density at radius 3 is 1.52 bits per heavy atom. The van der Waals surface area contributed by atoms with Gasteiger partial charge in [-0.1, -0.05) is 132 Å². The van der Waals surface area contributed by atoms with E-state index in [9.17, 15) is 10.5 Å². The number of furan rings is 2. The highest BCUT2D eigenvalue weighted by Gasteiger charge is 2.25. The average Bonchev–Trinajstić information content (AvgIpc) is 1.72. The highest BCUT2D eigenvalue weighted by Crippen LogP contribution is 2.50. The van der Waals surface area contributed by atoms with Gasteiger partial charge >= 0.3 is 0 Å². The molecule has 0 aliphatic rings. The number of aryl methyl sites for hydroxylation is 3. The van der Waals surface area contributed by atoms with Gasteiger partial charge < -0.3 is 18.0 Å². The summed E-state index contributed by atoms with van der Waals surface area (Å²) < 4.78 is 22.3. The summed E-state index contributed by atoms with van der Waals surface area (Å²) in [6.45, 7) is 6.48. The zero-order chi connectivity index (χ0) is 57.2. The monoisotopic (exact) mass is 1130 g/mol. The summed E-state index contributed by atoms with van der Waals surface area (Å²) >= 11 is 3.41. The van der Waals surface area contributed by atoms with Crippen LogP contribution in [0.2, 0.25) is 0 Å². The predicted molar refractivity (Wildman–Crippen MR) is 359 cm³/mol. The Kier molecular flexibility index (Phi) is 10.3. The Bertz CT molecular complexity index is 6080. The lowest BCUT2D eigenvalue weighted by atomic mass is 9.94. The van der Waals surface area contributed by atoms with Crippen molar-refractivity contribution in [1.82, 2.24) is 9.13 Å². The van der Waals surface area contributed by atoms with Crippen LogP contribution in [0, 0.1) is 43.4 Å². The van der Waals surface area contributed by atoms with Crippen molar-refractivity contribution in [2.45, 2.75) is 27.2 Å². The fourth-order valence-corrected chi connectivity index (χ4v) is 16.8. The Hall–Kier alpha value is -10.7. The Balaban J connectivity index is 0.748. The van der Waals surface area contributed by atoms with Gasteiger partial charge in [-0.3, -0.25) is 0 Å². The molecule has 6 heterocycles. The molecule has 0 aliphatic carbocycles. The molecule has 12 aromatic carbocycles. The third kappa shape index (κ3) is 6.91. The van der Waals surface area contributed by atoms with E-state index in [1.54, 1.807) is 22.7 Å². The zero-order valence-corrected chi connectivity index (χ0v) is 48.5. The standard InChI is InChI=1S/C78H46N4O2S2/c1-42-20-29-62-57(34-42)58-35-43(2)21-30-63(58)81(62)66-16-7-14-55-72-50(27-24-48(40-79)75(72)85-77(55)66)46-26-33-69-61(39-46)53-13-6-10-47(74(53)84-69)37-45-23-32-65-60(38-45)59-36-44(3)22-31-64(59)82(65)67-17-8-15-56-73-52(28-25-49(41-80)76(73)86-78(56)67)51-12-9-19-70-71(51)54-11-4-5-18-68(54)83-70/h4-36,38-39H,37H2,1-3H3. The number of hydrogen-bond acceptors (Lipinski definition) is 6. The van der Waals surface area contributed by atoms with Crippen LogP contribution in [0.25, 0.3) is 161 Å². The molecule has 0 saturated heterocycles. The second-order valence-corrected chi connectivity index (χ2v) is 25.2. The third-order valence-electron chi connectivity index (χ3n) is 18.0. The fraction of sp³-hybridized carbons (Fsp3) is 0.0513. The first-order valence-electron chi connectivity index (χ1n) is 28.9. The summed E-state index contributed by atoms with van der Waals surface area (Å²) in [5.41, 5.74) is 21.8. The first-order chi connectivity index (χ1) is 42.3. The first-order valence-corrected chi connectivity index (χ1v) is 30.6. The third-order valence-corrected chi connectivity index (χ3v) is 20.5. The minimum atomic E-state index is 0.665. The van der Waals surface area contributed by atoms with E-state index in [2.05, 4.69) is 224 Å². The van der Waals surface area contributed by atoms with Crippen LogP contribution in [0.15, 0.2) is 221 Å². The zero-order valence-electron chi connectivity index (χ0n) is 46.8. The molecular formula is C78H46N4O2S2. The van der Waals surface area contributed by atoms with Crippen LogP contribution in [0.1, 0.15) is 38.9 Å². The van der Waals surface area contributed by atoms with Crippen LogP contribution in [0.5, 0.6) is 0 Å². The van der Waals surface area contributed by atoms with E-state index >= 15 is 0 Å². The summed E-state index contributed by atoms with van der Waals surface area (Å²) in [5, 5.41) is 34.8. The van der Waals surface area contributed by atoms with Gasteiger partial charge in [0.1, 0.15) is 34.5 Å². The van der Waals surface area contributed by atoms with Crippen LogP contribution in [0.3, 0.4) is 0 Å². The lowest BCUT2D eigenvalue weighted by Crippen LogP contribution is -1.94. The van der Waals surface area contributed by atoms with Crippen molar-refractivity contribution >= 4 is 151 Å². The molecule has 18 rings (SSSR count). The molecule has 86 heavy (non-hydrogen) atoms. The van der Waals surface area contributed by atoms with Crippen molar-refractivity contribution < 1.29 is 8.83 Å². The molecule has 18 aromatic rings. The molecule has 6 nitrogen and oxygen atoms in total. The summed E-state index contributed by atoms with van der Waals surface area (Å²) in [4.78, 5) is 0. The number of thiophene rings is 2. The molecule has 0 unspecified atom stereocenters. The van der Waals surface area contributed by atoms with E-state index in [1.807, 2.05) is 30.3 Å². The van der Waals surface area contributed by atoms with Crippen molar-refractivity contribution in [1.29, 1.82) is 10.5 Å². The van der Waals surface area contributed by atoms with E-state index in [1.165, 1.54) is 54.8 Å². The van der Waals surface area contributed by atoms with Crippen LogP contribution in [-0.2, 0) is 6.42 Å². The maximum atomic E-state index is 10.6. The minimum Gasteiger partial charge on any atom is -0.456 e. The second-order valence-electron chi connectivity index (χ2n) is 23.1. The van der Waals surface area contributed by atoms with E-state index < -0.39 is 0 Å². The van der Waals surface area contributed by atoms with Crippen molar-refractivity contribution in [3.8, 4) is 45.8 Å². The molecule has 0 aliphatic heterocycles. The first kappa shape index (κ1) is 48.8. The van der Waals surface area contributed by atoms with Crippen molar-refractivity contribution in [2.24, 2.45) is 0 Å². The highest BCUT2D eigenvalue weighted by atomic mass is 32.1. The van der Waals surface area contributed by atoms with Crippen molar-refractivity contribution in [3.05, 3.63) is 251 Å². The Morgan fingerprint density at radius 1 is 0.372 bits per heavy atom. The van der Waals surface area contributed by atoms with Gasteiger partial charge in [0.05, 0.1) is 63.4 Å². The maximum Gasteiger partial charge on any atom is 0.138 e. The molecule has 0 amide bonds. The number of rotatable bonds is 6. The molecule has 0 bridgehead atoms. The van der Waals surface area contributed by atoms with Crippen LogP contribution < -0.4 is 0 Å². The second kappa shape index (κ2) is 18.1. The molecular weight excluding hydrogens is 1090 g/mol. The van der Waals surface area contributed by atoms with Crippen LogP contribution in [-0.4, -0.2) is 9.13 Å². The van der Waals surface area contributed by atoms with Gasteiger partial charge in [0.2, 0.25) is 0 Å². The molecule has 6 aromatic heterocycles. The summed E-state index contributed by atoms with van der Waals surface area (Å²) in [6, 6.07) is 81.3. The largest absolute Gasteiger partial charge is 0.456 e. The minimum absolute atomic E-state index is 0.665. The molecule has 8 heteroatoms. The SMILES string of the molecule is Cc1ccc2c(c1)c1cc(C)ccc1n2-c1cccc2c1sc1c(C#N)ccc(-c3ccc4oc5c(Cc6ccc7c(c6)c6cc(C)ccc6n7-c6cccc7c6sc6c(C#N)ccc(-c8cccc9oc%10ccccc%10c89)c67)cccc5c4c3)c12. The fourth-order valence-electron chi connectivity index (χ4n) is 14.2. The summed E-state index contributed by atoms with van der Waals surface area (Å²) in [6.07, 6.45) is 0.674. The van der Waals surface area contributed by atoms with Gasteiger partial charge in [-0.15, -0.1) is 22.7 Å². The number of para-hydroxylation sites is 2. The number of hydrogen-bond donors (Lipinski definition) is 0. The molecule has 402 valence electrons. The van der Waals surface area contributed by atoms with Gasteiger partial charge in [0.15, 0.2) is 0 Å². The smallest absolute Gasteiger partial charge is 0.138 e. The molecule has 0 atom stereocenters. The average molecular weight is 1140 g/mol. The van der Waals surface area contributed by atoms with Crippen molar-refractivity contribution in [3.63, 3.8) is 0 Å². The molecule has 0 radical (unpaired) electrons. The van der Waals surface area contributed by atoms with Gasteiger partial charge in [-0.25, -0.2) is 0 Å². The Morgan fingerprint density at radius 2 is 0.884 bits per heavy atom. The van der Waals surface area contributed by atoms with E-state index in [0.29, 0.717) is 17.5 Å². The lowest BCUT2D eigenvalue weighted by Gasteiger charge is -2.11. The predicted octanol–water partition coefficient (Wildman–Crippen LogP) is 22.0. The summed E-state index contributed by atoms with van der Waals surface area (Å²) in [5.74, 6) is 0. The number of fused-ring (bicyclic) bond motifs is 18. The summed E-state index contributed by atoms with van der Waals surface area (Å²) in [7, 11) is 0. The molecule has 0 N–H and O–H groups in total. The number of nitriles is 2. The van der Waals surface area contributed by atoms with Gasteiger partial charge in [0.25, 0.3) is 0 Å². The van der Waals surface area contributed by atoms with Crippen LogP contribution >= 0.6 is 22.7 Å². The maximum absolute atomic E-state index is 10.6. The van der Waals surface area contributed by atoms with Crippen molar-refractivity contribution in [2.75, 3.05) is 0 Å². The van der Waals surface area contributed by atoms with E-state index in [0.717, 1.165) is 134 Å². The lowest BCUT2D eigenvalue weighted by molar-refractivity contribution is 0.664. The quantitative estimate of drug-likeness (QED) is 0.166. The number of aromatic nitrogens is 2. The van der Waals surface area contributed by atoms with E-state index in [4.69, 9.17) is 8.83 Å². The van der Waals surface area contributed by atoms with E-state index in [-0.39, 0.29) is 0 Å². The topological polar surface area (TPSA) is 83.7 Å². The molecule has 0 spiro atoms. The highest BCUT2D eigenvalue weighted by molar-refractivity contribution is 7.27. The van der Waals surface area contributed by atoms with Crippen LogP contribution in [0.4, 0.5) is 0 Å². The van der Waals surface area contributed by atoms with Gasteiger partial charge in [0, 0.05) is 71.1 Å². The van der Waals surface area contributed by atoms with Gasteiger partial charge in [-0.05, 0) is 151 Å². The molecule has 0 saturated carbocycles. The van der Waals surface area contributed by atoms with Gasteiger partial charge in [-0.2, -0.15) is 10.5 Å². The number of nitrogens with zero attached hydrogens (tertiary/aromatic N) is 4. The normalized spacial score (nSPS) is 12.2.